The molecular formula is C25H23N7O5. The summed E-state index contributed by atoms with van der Waals surface area (Å²) in [7, 11) is 0. The van der Waals surface area contributed by atoms with E-state index in [1.165, 1.54) is 34.9 Å². The summed E-state index contributed by atoms with van der Waals surface area (Å²) in [5, 5.41) is 23.6. The Kier molecular flexibility index (Phi) is 7.53. The Morgan fingerprint density at radius 1 is 1.27 bits per heavy atom. The van der Waals surface area contributed by atoms with Gasteiger partial charge in [0.15, 0.2) is 5.65 Å². The SMILES string of the molecule is CCCCOC(=O)n1c(=O)n(CCc2cccnc2)c2nc(Nc3cc(C#N)ccc3[N+](=O)[O-])ccc21. The summed E-state index contributed by atoms with van der Waals surface area (Å²) in [6.45, 7) is 2.34. The molecule has 12 nitrogen and oxygen atoms in total. The maximum absolute atomic E-state index is 13.3. The Bertz CT molecular complexity index is 1550. The molecule has 1 aromatic carbocycles. The van der Waals surface area contributed by atoms with E-state index in [9.17, 15) is 25.0 Å². The van der Waals surface area contributed by atoms with Gasteiger partial charge in [-0.25, -0.2) is 14.6 Å². The average Bonchev–Trinajstić information content (AvgIpc) is 3.18. The van der Waals surface area contributed by atoms with Crippen molar-refractivity contribution in [3.63, 3.8) is 0 Å². The molecule has 37 heavy (non-hydrogen) atoms. The zero-order valence-electron chi connectivity index (χ0n) is 20.0. The molecule has 4 aromatic rings. The molecule has 0 radical (unpaired) electrons. The number of unbranched alkanes of at least 4 members (excludes halogenated alkanes) is 1. The van der Waals surface area contributed by atoms with Gasteiger partial charge in [0.05, 0.1) is 23.2 Å². The van der Waals surface area contributed by atoms with Crippen molar-refractivity contribution in [3.8, 4) is 6.07 Å². The highest BCUT2D eigenvalue weighted by molar-refractivity contribution is 5.86. The van der Waals surface area contributed by atoms with E-state index >= 15 is 0 Å². The highest BCUT2D eigenvalue weighted by Gasteiger charge is 2.22. The molecule has 0 bridgehead atoms. The zero-order valence-corrected chi connectivity index (χ0v) is 20.0. The fraction of sp³-hybridized carbons (Fsp3) is 0.240. The fourth-order valence-corrected chi connectivity index (χ4v) is 3.73. The van der Waals surface area contributed by atoms with Gasteiger partial charge in [-0.05, 0) is 48.7 Å². The number of aromatic nitrogens is 4. The van der Waals surface area contributed by atoms with Crippen LogP contribution < -0.4 is 11.0 Å². The summed E-state index contributed by atoms with van der Waals surface area (Å²) in [5.41, 5.74) is 0.768. The van der Waals surface area contributed by atoms with E-state index in [0.29, 0.717) is 12.8 Å². The van der Waals surface area contributed by atoms with Crippen LogP contribution in [-0.4, -0.2) is 36.7 Å². The molecule has 0 aliphatic rings. The minimum absolute atomic E-state index is 0.0681. The molecule has 3 heterocycles. The maximum atomic E-state index is 13.3. The maximum Gasteiger partial charge on any atom is 0.422 e. The van der Waals surface area contributed by atoms with Crippen molar-refractivity contribution < 1.29 is 14.5 Å². The predicted molar refractivity (Wildman–Crippen MR) is 135 cm³/mol. The van der Waals surface area contributed by atoms with E-state index in [0.717, 1.165) is 16.6 Å². The molecule has 0 aliphatic carbocycles. The zero-order chi connectivity index (χ0) is 26.4. The van der Waals surface area contributed by atoms with E-state index in [1.54, 1.807) is 18.5 Å². The summed E-state index contributed by atoms with van der Waals surface area (Å²) >= 11 is 0. The monoisotopic (exact) mass is 501 g/mol. The third kappa shape index (κ3) is 5.46. The van der Waals surface area contributed by atoms with Gasteiger partial charge < -0.3 is 10.1 Å². The van der Waals surface area contributed by atoms with Crippen LogP contribution in [0, 0.1) is 21.4 Å². The Morgan fingerprint density at radius 2 is 2.11 bits per heavy atom. The number of ether oxygens (including phenoxy) is 1. The van der Waals surface area contributed by atoms with Crippen LogP contribution in [0.15, 0.2) is 59.7 Å². The Morgan fingerprint density at radius 3 is 2.81 bits per heavy atom. The molecule has 0 unspecified atom stereocenters. The number of imidazole rings is 1. The van der Waals surface area contributed by atoms with Gasteiger partial charge in [-0.15, -0.1) is 0 Å². The number of nitriles is 1. The summed E-state index contributed by atoms with van der Waals surface area (Å²) in [5.74, 6) is 0.192. The van der Waals surface area contributed by atoms with Crippen LogP contribution in [0.2, 0.25) is 0 Å². The van der Waals surface area contributed by atoms with Crippen LogP contribution in [0.5, 0.6) is 0 Å². The Labute approximate surface area is 210 Å². The highest BCUT2D eigenvalue weighted by Crippen LogP contribution is 2.28. The minimum atomic E-state index is -0.802. The standard InChI is InChI=1S/C25H23N7O5/c1-2-3-13-37-25(34)31-21-8-9-22(28-19-14-18(15-26)6-7-20(19)32(35)36)29-23(21)30(24(31)33)12-10-17-5-4-11-27-16-17/h4-9,11,14,16H,2-3,10,12-13H2,1H3,(H,28,29). The van der Waals surface area contributed by atoms with Crippen LogP contribution >= 0.6 is 0 Å². The number of aryl methyl sites for hydroxylation is 2. The molecule has 0 spiro atoms. The number of hydrogen-bond acceptors (Lipinski definition) is 9. The van der Waals surface area contributed by atoms with Crippen LogP contribution in [0.3, 0.4) is 0 Å². The van der Waals surface area contributed by atoms with Crippen LogP contribution in [0.1, 0.15) is 30.9 Å². The van der Waals surface area contributed by atoms with E-state index in [4.69, 9.17) is 4.74 Å². The van der Waals surface area contributed by atoms with Gasteiger partial charge in [0.1, 0.15) is 17.0 Å². The number of nitro benzene ring substituents is 1. The molecule has 0 atom stereocenters. The fourth-order valence-electron chi connectivity index (χ4n) is 3.73. The van der Waals surface area contributed by atoms with Crippen LogP contribution in [0.4, 0.5) is 22.0 Å². The number of carbonyl (C=O) groups excluding carboxylic acids is 1. The molecule has 0 fully saturated rings. The molecule has 0 amide bonds. The van der Waals surface area contributed by atoms with Crippen LogP contribution in [-0.2, 0) is 17.7 Å². The average molecular weight is 502 g/mol. The predicted octanol–water partition coefficient (Wildman–Crippen LogP) is 4.14. The molecule has 0 saturated carbocycles. The number of benzene rings is 1. The summed E-state index contributed by atoms with van der Waals surface area (Å²) in [4.78, 5) is 45.6. The number of rotatable bonds is 9. The van der Waals surface area contributed by atoms with Crippen molar-refractivity contribution in [2.45, 2.75) is 32.7 Å². The van der Waals surface area contributed by atoms with E-state index < -0.39 is 16.7 Å². The summed E-state index contributed by atoms with van der Waals surface area (Å²) < 4.78 is 7.57. The first-order valence-electron chi connectivity index (χ1n) is 11.6. The number of nitro groups is 1. The van der Waals surface area contributed by atoms with Gasteiger partial charge >= 0.3 is 11.8 Å². The van der Waals surface area contributed by atoms with Crippen LogP contribution in [0.25, 0.3) is 11.2 Å². The van der Waals surface area contributed by atoms with Crippen molar-refractivity contribution >= 4 is 34.4 Å². The minimum Gasteiger partial charge on any atom is -0.449 e. The number of anilines is 2. The van der Waals surface area contributed by atoms with Crippen molar-refractivity contribution in [2.75, 3.05) is 11.9 Å². The third-order valence-electron chi connectivity index (χ3n) is 5.61. The molecule has 0 saturated heterocycles. The van der Waals surface area contributed by atoms with Gasteiger partial charge in [-0.1, -0.05) is 19.4 Å². The van der Waals surface area contributed by atoms with Gasteiger partial charge in [-0.2, -0.15) is 9.83 Å². The lowest BCUT2D eigenvalue weighted by atomic mass is 10.2. The van der Waals surface area contributed by atoms with Crippen molar-refractivity contribution in [3.05, 3.63) is 86.6 Å². The molecule has 12 heteroatoms. The number of nitrogens with one attached hydrogen (secondary N) is 1. The quantitative estimate of drug-likeness (QED) is 0.202. The molecule has 0 aliphatic heterocycles. The highest BCUT2D eigenvalue weighted by atomic mass is 16.6. The lowest BCUT2D eigenvalue weighted by molar-refractivity contribution is -0.383. The second kappa shape index (κ2) is 11.1. The normalized spacial score (nSPS) is 10.7. The third-order valence-corrected chi connectivity index (χ3v) is 5.61. The number of pyridine rings is 2. The smallest absolute Gasteiger partial charge is 0.422 e. The first-order valence-corrected chi connectivity index (χ1v) is 11.6. The largest absolute Gasteiger partial charge is 0.449 e. The lowest BCUT2D eigenvalue weighted by Crippen LogP contribution is -2.30. The summed E-state index contributed by atoms with van der Waals surface area (Å²) in [6.07, 6.45) is 4.46. The second-order valence-electron chi connectivity index (χ2n) is 8.11. The molecule has 1 N–H and O–H groups in total. The van der Waals surface area contributed by atoms with Crippen molar-refractivity contribution in [1.29, 1.82) is 5.26 Å². The van der Waals surface area contributed by atoms with E-state index in [-0.39, 0.29) is 47.1 Å². The molecule has 188 valence electrons. The second-order valence-corrected chi connectivity index (χ2v) is 8.11. The topological polar surface area (TPSA) is 158 Å². The van der Waals surface area contributed by atoms with Gasteiger partial charge in [0.2, 0.25) is 0 Å². The van der Waals surface area contributed by atoms with Gasteiger partial charge in [-0.3, -0.25) is 19.7 Å². The number of nitrogens with zero attached hydrogens (tertiary/aromatic N) is 6. The molecular weight excluding hydrogens is 478 g/mol. The molecule has 3 aromatic heterocycles. The summed E-state index contributed by atoms with van der Waals surface area (Å²) in [6, 6.07) is 12.5. The first kappa shape index (κ1) is 25.1. The van der Waals surface area contributed by atoms with Gasteiger partial charge in [0, 0.05) is 25.0 Å². The Hall–Kier alpha value is -5.05. The van der Waals surface area contributed by atoms with Gasteiger partial charge in [0.25, 0.3) is 5.69 Å². The van der Waals surface area contributed by atoms with E-state index in [1.807, 2.05) is 19.1 Å². The lowest BCUT2D eigenvalue weighted by Gasteiger charge is -2.08. The number of carbonyl (C=O) groups is 1. The van der Waals surface area contributed by atoms with E-state index in [2.05, 4.69) is 15.3 Å². The van der Waals surface area contributed by atoms with Crippen molar-refractivity contribution in [1.82, 2.24) is 19.1 Å². The first-order chi connectivity index (χ1) is 17.9. The number of fused-ring (bicyclic) bond motifs is 1. The Balaban J connectivity index is 1.76. The van der Waals surface area contributed by atoms with Crippen molar-refractivity contribution in [2.24, 2.45) is 0 Å². The number of hydrogen-bond donors (Lipinski definition) is 1. The molecule has 4 rings (SSSR count).